The highest BCUT2D eigenvalue weighted by Crippen LogP contribution is 2.23. The zero-order valence-electron chi connectivity index (χ0n) is 7.49. The first-order chi connectivity index (χ1) is 7.15. The third kappa shape index (κ3) is 2.62. The van der Waals surface area contributed by atoms with E-state index < -0.39 is 0 Å². The van der Waals surface area contributed by atoms with Crippen molar-refractivity contribution in [1.82, 2.24) is 4.98 Å². The van der Waals surface area contributed by atoms with Gasteiger partial charge in [0.1, 0.15) is 0 Å². The van der Waals surface area contributed by atoms with Gasteiger partial charge in [-0.1, -0.05) is 28.1 Å². The number of rotatable bonds is 1. The van der Waals surface area contributed by atoms with Gasteiger partial charge in [-0.05, 0) is 29.9 Å². The van der Waals surface area contributed by atoms with E-state index in [2.05, 4.69) is 20.9 Å². The Morgan fingerprint density at radius 1 is 1.27 bits per heavy atom. The molecule has 76 valence electrons. The van der Waals surface area contributed by atoms with Gasteiger partial charge in [0, 0.05) is 15.4 Å². The van der Waals surface area contributed by atoms with Crippen molar-refractivity contribution < 1.29 is 0 Å². The maximum Gasteiger partial charge on any atom is 0.251 e. The number of hydrogen-bond acceptors (Lipinski definition) is 3. The third-order valence-electron chi connectivity index (χ3n) is 1.82. The molecule has 0 spiro atoms. The van der Waals surface area contributed by atoms with Crippen molar-refractivity contribution in [2.75, 3.05) is 0 Å². The number of aromatic nitrogens is 1. The van der Waals surface area contributed by atoms with Gasteiger partial charge in [-0.15, -0.1) is 11.3 Å². The quantitative estimate of drug-likeness (QED) is 0.816. The summed E-state index contributed by atoms with van der Waals surface area (Å²) in [5, 5.41) is 0. The van der Waals surface area contributed by atoms with Crippen molar-refractivity contribution in [3.8, 4) is 10.4 Å². The summed E-state index contributed by atoms with van der Waals surface area (Å²) < 4.78 is 1.51. The Hall–Kier alpha value is -0.780. The number of aromatic amines is 1. The van der Waals surface area contributed by atoms with E-state index in [1.54, 1.807) is 6.07 Å². The first-order valence-corrected chi connectivity index (χ1v) is 6.17. The van der Waals surface area contributed by atoms with Crippen LogP contribution in [0.4, 0.5) is 0 Å². The highest BCUT2D eigenvalue weighted by Gasteiger charge is 1.99. The summed E-state index contributed by atoms with van der Waals surface area (Å²) in [7, 11) is 0. The zero-order chi connectivity index (χ0) is 10.8. The lowest BCUT2D eigenvalue weighted by atomic mass is 10.2. The molecular formula is C10H6BrNOS2. The summed E-state index contributed by atoms with van der Waals surface area (Å²) in [4.78, 5) is 14.7. The van der Waals surface area contributed by atoms with Crippen LogP contribution in [0.1, 0.15) is 0 Å². The van der Waals surface area contributed by atoms with E-state index in [-0.39, 0.29) is 5.56 Å². The average Bonchev–Trinajstić information content (AvgIpc) is 2.17. The Balaban J connectivity index is 2.59. The Bertz CT molecular complexity index is 557. The van der Waals surface area contributed by atoms with E-state index in [1.807, 2.05) is 24.3 Å². The van der Waals surface area contributed by atoms with Crippen molar-refractivity contribution in [1.29, 1.82) is 0 Å². The summed E-state index contributed by atoms with van der Waals surface area (Å²) >= 11 is 9.72. The largest absolute Gasteiger partial charge is 0.305 e. The molecule has 0 saturated carbocycles. The summed E-state index contributed by atoms with van der Waals surface area (Å²) in [5.74, 6) is 0. The van der Waals surface area contributed by atoms with Crippen molar-refractivity contribution >= 4 is 39.5 Å². The first kappa shape index (κ1) is 10.7. The number of halogens is 1. The molecule has 0 aliphatic heterocycles. The lowest BCUT2D eigenvalue weighted by molar-refractivity contribution is 1.27. The molecule has 2 aromatic rings. The molecule has 0 radical (unpaired) electrons. The molecule has 1 heterocycles. The fourth-order valence-electron chi connectivity index (χ4n) is 1.17. The van der Waals surface area contributed by atoms with Crippen LogP contribution in [-0.4, -0.2) is 4.98 Å². The van der Waals surface area contributed by atoms with Gasteiger partial charge in [-0.3, -0.25) is 4.79 Å². The van der Waals surface area contributed by atoms with E-state index in [0.29, 0.717) is 3.95 Å². The van der Waals surface area contributed by atoms with Gasteiger partial charge in [-0.25, -0.2) is 0 Å². The van der Waals surface area contributed by atoms with Crippen LogP contribution in [0.2, 0.25) is 0 Å². The van der Waals surface area contributed by atoms with Crippen LogP contribution >= 0.6 is 39.5 Å². The number of nitrogens with one attached hydrogen (secondary N) is 1. The second kappa shape index (κ2) is 4.38. The topological polar surface area (TPSA) is 32.9 Å². The predicted octanol–water partition coefficient (Wildman–Crippen LogP) is 3.60. The number of H-pyrrole nitrogens is 1. The Labute approximate surface area is 104 Å². The molecule has 0 aliphatic carbocycles. The van der Waals surface area contributed by atoms with Crippen LogP contribution in [0.15, 0.2) is 39.6 Å². The molecule has 1 aromatic heterocycles. The van der Waals surface area contributed by atoms with Crippen LogP contribution in [0.3, 0.4) is 0 Å². The first-order valence-electron chi connectivity index (χ1n) is 4.15. The van der Waals surface area contributed by atoms with Gasteiger partial charge in [0.15, 0.2) is 3.95 Å². The standard InChI is InChI=1S/C10H6BrNOS2/c11-7-3-1-6(2-4-7)8-5-9(13)12-10(14)15-8/h1-5H,(H,12,13,14). The van der Waals surface area contributed by atoms with Crippen molar-refractivity contribution in [3.63, 3.8) is 0 Å². The van der Waals surface area contributed by atoms with Crippen LogP contribution in [0.5, 0.6) is 0 Å². The predicted molar refractivity (Wildman–Crippen MR) is 68.9 cm³/mol. The normalized spacial score (nSPS) is 10.2. The zero-order valence-corrected chi connectivity index (χ0v) is 10.7. The van der Waals surface area contributed by atoms with E-state index in [4.69, 9.17) is 12.2 Å². The molecule has 0 atom stereocenters. The van der Waals surface area contributed by atoms with Gasteiger partial charge < -0.3 is 4.98 Å². The Morgan fingerprint density at radius 3 is 2.53 bits per heavy atom. The molecule has 15 heavy (non-hydrogen) atoms. The minimum absolute atomic E-state index is 0.156. The smallest absolute Gasteiger partial charge is 0.251 e. The lowest BCUT2D eigenvalue weighted by Crippen LogP contribution is -2.01. The third-order valence-corrected chi connectivity index (χ3v) is 3.56. The maximum absolute atomic E-state index is 11.2. The van der Waals surface area contributed by atoms with Gasteiger partial charge in [0.05, 0.1) is 0 Å². The van der Waals surface area contributed by atoms with Gasteiger partial charge in [0.25, 0.3) is 5.56 Å². The monoisotopic (exact) mass is 299 g/mol. The Morgan fingerprint density at radius 2 is 1.93 bits per heavy atom. The molecular weight excluding hydrogens is 294 g/mol. The van der Waals surface area contributed by atoms with E-state index in [1.165, 1.54) is 11.3 Å². The second-order valence-corrected chi connectivity index (χ2v) is 5.53. The highest BCUT2D eigenvalue weighted by molar-refractivity contribution is 9.10. The van der Waals surface area contributed by atoms with Crippen LogP contribution < -0.4 is 5.56 Å². The maximum atomic E-state index is 11.2. The number of hydrogen-bond donors (Lipinski definition) is 1. The van der Waals surface area contributed by atoms with Gasteiger partial charge in [-0.2, -0.15) is 0 Å². The van der Waals surface area contributed by atoms with E-state index >= 15 is 0 Å². The fourth-order valence-corrected chi connectivity index (χ4v) is 2.57. The number of benzene rings is 1. The summed E-state index contributed by atoms with van der Waals surface area (Å²) in [6, 6.07) is 9.33. The fraction of sp³-hybridized carbons (Fsp3) is 0. The second-order valence-electron chi connectivity index (χ2n) is 2.89. The molecule has 1 N–H and O–H groups in total. The van der Waals surface area contributed by atoms with Crippen LogP contribution in [0.25, 0.3) is 10.4 Å². The average molecular weight is 300 g/mol. The van der Waals surface area contributed by atoms with Crippen molar-refractivity contribution in [2.24, 2.45) is 0 Å². The summed E-state index contributed by atoms with van der Waals surface area (Å²) in [6.45, 7) is 0. The van der Waals surface area contributed by atoms with Gasteiger partial charge >= 0.3 is 0 Å². The molecule has 0 bridgehead atoms. The van der Waals surface area contributed by atoms with Crippen LogP contribution in [-0.2, 0) is 0 Å². The summed E-state index contributed by atoms with van der Waals surface area (Å²) in [6.07, 6.45) is 0. The van der Waals surface area contributed by atoms with Crippen molar-refractivity contribution in [2.45, 2.75) is 0 Å². The molecule has 2 nitrogen and oxygen atoms in total. The summed E-state index contributed by atoms with van der Waals surface area (Å²) in [5.41, 5.74) is 0.845. The minimum Gasteiger partial charge on any atom is -0.305 e. The van der Waals surface area contributed by atoms with E-state index in [0.717, 1.165) is 14.9 Å². The Kier molecular flexibility index (Phi) is 3.14. The molecule has 0 fully saturated rings. The van der Waals surface area contributed by atoms with Gasteiger partial charge in [0.2, 0.25) is 0 Å². The van der Waals surface area contributed by atoms with E-state index in [9.17, 15) is 4.79 Å². The molecule has 1 aromatic carbocycles. The minimum atomic E-state index is -0.156. The molecule has 0 unspecified atom stereocenters. The molecule has 2 rings (SSSR count). The SMILES string of the molecule is O=c1cc(-c2ccc(Br)cc2)sc(=S)[nH]1. The van der Waals surface area contributed by atoms with Crippen LogP contribution in [0, 0.1) is 3.95 Å². The highest BCUT2D eigenvalue weighted by atomic mass is 79.9. The van der Waals surface area contributed by atoms with Crippen molar-refractivity contribution in [3.05, 3.63) is 49.1 Å². The lowest BCUT2D eigenvalue weighted by Gasteiger charge is -1.99. The molecule has 0 saturated heterocycles. The molecule has 5 heteroatoms. The molecule has 0 aliphatic rings. The molecule has 0 amide bonds.